The first-order chi connectivity index (χ1) is 13.0. The first-order valence-corrected chi connectivity index (χ1v) is 8.70. The Balaban J connectivity index is 2.34. The molecule has 0 aliphatic heterocycles. The summed E-state index contributed by atoms with van der Waals surface area (Å²) in [6.07, 6.45) is 1.49. The summed E-state index contributed by atoms with van der Waals surface area (Å²) >= 11 is 5.99. The van der Waals surface area contributed by atoms with Gasteiger partial charge in [-0.2, -0.15) is 0 Å². The standard InChI is InChI=1S/C20H20ClN5O/c1-4-24-19-18(13(2)22)25(16-9-5-14(21)6-10-16)20(27)26(19)17-11-7-15(23-3)8-12-17/h4-12,22-24H,1H2,2-3H3. The van der Waals surface area contributed by atoms with E-state index in [4.69, 9.17) is 17.0 Å². The molecule has 0 aliphatic rings. The maximum absolute atomic E-state index is 13.3. The van der Waals surface area contributed by atoms with E-state index < -0.39 is 0 Å². The molecule has 3 rings (SSSR count). The third kappa shape index (κ3) is 3.39. The molecule has 0 aliphatic carbocycles. The number of halogens is 1. The van der Waals surface area contributed by atoms with Gasteiger partial charge in [-0.1, -0.05) is 18.2 Å². The third-order valence-electron chi connectivity index (χ3n) is 4.15. The van der Waals surface area contributed by atoms with E-state index >= 15 is 0 Å². The van der Waals surface area contributed by atoms with Gasteiger partial charge in [0.2, 0.25) is 0 Å². The zero-order valence-corrected chi connectivity index (χ0v) is 15.8. The summed E-state index contributed by atoms with van der Waals surface area (Å²) in [5.41, 5.74) is 2.66. The van der Waals surface area contributed by atoms with Crippen LogP contribution < -0.4 is 16.3 Å². The lowest BCUT2D eigenvalue weighted by molar-refractivity contribution is 0.907. The zero-order valence-electron chi connectivity index (χ0n) is 15.1. The number of hydrogen-bond donors (Lipinski definition) is 3. The van der Waals surface area contributed by atoms with Crippen LogP contribution in [0.25, 0.3) is 11.4 Å². The maximum Gasteiger partial charge on any atom is 0.339 e. The van der Waals surface area contributed by atoms with Crippen LogP contribution in [-0.4, -0.2) is 21.9 Å². The molecule has 3 N–H and O–H groups in total. The summed E-state index contributed by atoms with van der Waals surface area (Å²) in [6, 6.07) is 14.4. The fourth-order valence-electron chi connectivity index (χ4n) is 2.92. The molecule has 0 radical (unpaired) electrons. The van der Waals surface area contributed by atoms with Gasteiger partial charge in [-0.3, -0.25) is 4.57 Å². The number of nitrogens with one attached hydrogen (secondary N) is 3. The molecule has 27 heavy (non-hydrogen) atoms. The van der Waals surface area contributed by atoms with Crippen LogP contribution in [0.5, 0.6) is 0 Å². The Morgan fingerprint density at radius 3 is 2.15 bits per heavy atom. The average molecular weight is 382 g/mol. The normalized spacial score (nSPS) is 10.5. The van der Waals surface area contributed by atoms with Gasteiger partial charge in [0.05, 0.1) is 17.1 Å². The molecule has 6 nitrogen and oxygen atoms in total. The van der Waals surface area contributed by atoms with Crippen molar-refractivity contribution < 1.29 is 0 Å². The van der Waals surface area contributed by atoms with Crippen LogP contribution in [0.15, 0.2) is 66.1 Å². The van der Waals surface area contributed by atoms with E-state index in [0.29, 0.717) is 27.9 Å². The number of aromatic nitrogens is 2. The van der Waals surface area contributed by atoms with Gasteiger partial charge in [0.1, 0.15) is 11.5 Å². The maximum atomic E-state index is 13.3. The van der Waals surface area contributed by atoms with Crippen molar-refractivity contribution in [1.29, 1.82) is 5.41 Å². The molecule has 0 spiro atoms. The fourth-order valence-corrected chi connectivity index (χ4v) is 3.05. The van der Waals surface area contributed by atoms with Crippen LogP contribution in [0.1, 0.15) is 12.6 Å². The Morgan fingerprint density at radius 2 is 1.63 bits per heavy atom. The predicted octanol–water partition coefficient (Wildman–Crippen LogP) is 4.27. The van der Waals surface area contributed by atoms with Crippen molar-refractivity contribution in [3.05, 3.63) is 82.5 Å². The highest BCUT2D eigenvalue weighted by Gasteiger charge is 2.23. The van der Waals surface area contributed by atoms with Crippen molar-refractivity contribution in [2.75, 3.05) is 17.7 Å². The van der Waals surface area contributed by atoms with Gasteiger partial charge >= 0.3 is 5.69 Å². The summed E-state index contributed by atoms with van der Waals surface area (Å²) in [7, 11) is 1.83. The van der Waals surface area contributed by atoms with E-state index in [0.717, 1.165) is 5.69 Å². The Hall–Kier alpha value is -3.25. The first-order valence-electron chi connectivity index (χ1n) is 8.32. The van der Waals surface area contributed by atoms with Gasteiger partial charge in [0.25, 0.3) is 0 Å². The second-order valence-electron chi connectivity index (χ2n) is 5.90. The summed E-state index contributed by atoms with van der Waals surface area (Å²) in [5.74, 6) is 0.481. The van der Waals surface area contributed by atoms with Gasteiger partial charge in [0, 0.05) is 17.8 Å². The second kappa shape index (κ2) is 7.55. The SMILES string of the molecule is C=CNc1c(C(C)=N)n(-c2ccc(Cl)cc2)c(=O)n1-c1ccc(NC)cc1. The van der Waals surface area contributed by atoms with Gasteiger partial charge in [-0.25, -0.2) is 9.36 Å². The molecular weight excluding hydrogens is 362 g/mol. The third-order valence-corrected chi connectivity index (χ3v) is 4.40. The van der Waals surface area contributed by atoms with Crippen molar-refractivity contribution in [1.82, 2.24) is 9.13 Å². The average Bonchev–Trinajstić information content (AvgIpc) is 2.95. The molecule has 0 atom stereocenters. The first kappa shape index (κ1) is 18.5. The number of benzene rings is 2. The molecule has 0 saturated heterocycles. The van der Waals surface area contributed by atoms with Crippen molar-refractivity contribution in [3.8, 4) is 11.4 Å². The minimum atomic E-state index is -0.291. The van der Waals surface area contributed by atoms with Gasteiger partial charge in [0.15, 0.2) is 0 Å². The van der Waals surface area contributed by atoms with Crippen molar-refractivity contribution >= 4 is 28.8 Å². The van der Waals surface area contributed by atoms with Crippen LogP contribution in [0, 0.1) is 5.41 Å². The van der Waals surface area contributed by atoms with Crippen LogP contribution in [0.4, 0.5) is 11.5 Å². The van der Waals surface area contributed by atoms with E-state index in [1.165, 1.54) is 15.3 Å². The van der Waals surface area contributed by atoms with Gasteiger partial charge in [-0.05, 0) is 61.7 Å². The lowest BCUT2D eigenvalue weighted by atomic mass is 10.2. The molecule has 1 aromatic heterocycles. The molecule has 7 heteroatoms. The lowest BCUT2D eigenvalue weighted by Crippen LogP contribution is -2.23. The molecule has 0 unspecified atom stereocenters. The van der Waals surface area contributed by atoms with Crippen LogP contribution in [0.3, 0.4) is 0 Å². The highest BCUT2D eigenvalue weighted by atomic mass is 35.5. The molecular formula is C20H20ClN5O. The Labute approximate surface area is 162 Å². The van der Waals surface area contributed by atoms with Crippen molar-refractivity contribution in [2.45, 2.75) is 6.92 Å². The van der Waals surface area contributed by atoms with Crippen LogP contribution in [0.2, 0.25) is 5.02 Å². The van der Waals surface area contributed by atoms with Crippen LogP contribution in [-0.2, 0) is 0 Å². The lowest BCUT2D eigenvalue weighted by Gasteiger charge is -2.10. The Bertz CT molecular complexity index is 1050. The molecule has 0 bridgehead atoms. The van der Waals surface area contributed by atoms with Crippen molar-refractivity contribution in [2.24, 2.45) is 0 Å². The summed E-state index contributed by atoms with van der Waals surface area (Å²) in [4.78, 5) is 13.3. The molecule has 3 aromatic rings. The molecule has 2 aromatic carbocycles. The predicted molar refractivity (Wildman–Crippen MR) is 112 cm³/mol. The van der Waals surface area contributed by atoms with E-state index in [-0.39, 0.29) is 11.4 Å². The molecule has 0 fully saturated rings. The molecule has 138 valence electrons. The Morgan fingerprint density at radius 1 is 1.07 bits per heavy atom. The smallest absolute Gasteiger partial charge is 0.339 e. The monoisotopic (exact) mass is 381 g/mol. The van der Waals surface area contributed by atoms with E-state index in [9.17, 15) is 4.79 Å². The second-order valence-corrected chi connectivity index (χ2v) is 6.33. The van der Waals surface area contributed by atoms with Gasteiger partial charge < -0.3 is 16.0 Å². The number of nitrogens with zero attached hydrogens (tertiary/aromatic N) is 2. The van der Waals surface area contributed by atoms with Crippen molar-refractivity contribution in [3.63, 3.8) is 0 Å². The molecule has 0 saturated carbocycles. The summed E-state index contributed by atoms with van der Waals surface area (Å²) < 4.78 is 3.03. The fraction of sp³-hybridized carbons (Fsp3) is 0.100. The zero-order chi connectivity index (χ0) is 19.6. The minimum absolute atomic E-state index is 0.247. The largest absolute Gasteiger partial charge is 0.388 e. The number of rotatable bonds is 6. The van der Waals surface area contributed by atoms with E-state index in [1.807, 2.05) is 31.3 Å². The number of hydrogen-bond acceptors (Lipinski definition) is 4. The van der Waals surface area contributed by atoms with Crippen LogP contribution >= 0.6 is 11.6 Å². The van der Waals surface area contributed by atoms with E-state index in [2.05, 4.69) is 17.2 Å². The highest BCUT2D eigenvalue weighted by Crippen LogP contribution is 2.24. The quantitative estimate of drug-likeness (QED) is 0.558. The molecule has 0 amide bonds. The van der Waals surface area contributed by atoms with Gasteiger partial charge in [-0.15, -0.1) is 0 Å². The molecule has 1 heterocycles. The van der Waals surface area contributed by atoms with E-state index in [1.54, 1.807) is 31.2 Å². The Kier molecular flexibility index (Phi) is 5.19. The number of anilines is 2. The topological polar surface area (TPSA) is 74.8 Å². The number of imidazole rings is 1. The summed E-state index contributed by atoms with van der Waals surface area (Å²) in [6.45, 7) is 5.35. The summed E-state index contributed by atoms with van der Waals surface area (Å²) in [5, 5.41) is 14.9. The highest BCUT2D eigenvalue weighted by molar-refractivity contribution is 6.30. The minimum Gasteiger partial charge on any atom is -0.388 e.